The summed E-state index contributed by atoms with van der Waals surface area (Å²) >= 11 is 13.2. The van der Waals surface area contributed by atoms with Crippen molar-refractivity contribution in [3.8, 4) is 5.75 Å². The number of nitrogens with one attached hydrogen (secondary N) is 2. The number of benzene rings is 2. The molecule has 0 aliphatic rings. The van der Waals surface area contributed by atoms with Gasteiger partial charge in [-0.1, -0.05) is 47.1 Å². The standard InChI is InChI=1S/C20H19Cl2N5O3S/c1-27-17(10-23-19(29)13-5-3-4-6-14(13)22)25-26-20(27)31-11-18(28)24-15-9-12(21)7-8-16(15)30-2/h3-9H,10-11H2,1-2H3,(H,23,29)(H,24,28). The normalized spacial score (nSPS) is 10.6. The van der Waals surface area contributed by atoms with Crippen molar-refractivity contribution in [1.29, 1.82) is 0 Å². The quantitative estimate of drug-likeness (QED) is 0.476. The van der Waals surface area contributed by atoms with Gasteiger partial charge in [0.05, 0.1) is 35.7 Å². The van der Waals surface area contributed by atoms with E-state index in [1.54, 1.807) is 54.1 Å². The lowest BCUT2D eigenvalue weighted by Crippen LogP contribution is -2.24. The zero-order valence-electron chi connectivity index (χ0n) is 16.7. The van der Waals surface area contributed by atoms with Crippen LogP contribution in [0.4, 0.5) is 5.69 Å². The molecular formula is C20H19Cl2N5O3S. The second kappa shape index (κ2) is 10.5. The van der Waals surface area contributed by atoms with Crippen LogP contribution in [0.3, 0.4) is 0 Å². The summed E-state index contributed by atoms with van der Waals surface area (Å²) < 4.78 is 6.94. The Labute approximate surface area is 193 Å². The minimum atomic E-state index is -0.308. The van der Waals surface area contributed by atoms with E-state index in [2.05, 4.69) is 20.8 Å². The van der Waals surface area contributed by atoms with Crippen LogP contribution in [0.5, 0.6) is 5.75 Å². The number of hydrogen-bond acceptors (Lipinski definition) is 6. The fourth-order valence-corrected chi connectivity index (χ4v) is 3.74. The van der Waals surface area contributed by atoms with Crippen molar-refractivity contribution >= 4 is 52.5 Å². The molecule has 0 atom stereocenters. The first-order valence-electron chi connectivity index (χ1n) is 9.06. The number of hydrogen-bond donors (Lipinski definition) is 2. The Kier molecular flexibility index (Phi) is 7.78. The number of thioether (sulfide) groups is 1. The maximum Gasteiger partial charge on any atom is 0.253 e. The largest absolute Gasteiger partial charge is 0.495 e. The molecule has 0 saturated heterocycles. The number of carbonyl (C=O) groups excluding carboxylic acids is 2. The molecule has 31 heavy (non-hydrogen) atoms. The Balaban J connectivity index is 1.56. The molecule has 0 aliphatic heterocycles. The Bertz CT molecular complexity index is 1110. The number of ether oxygens (including phenoxy) is 1. The van der Waals surface area contributed by atoms with Crippen molar-refractivity contribution in [2.45, 2.75) is 11.7 Å². The van der Waals surface area contributed by atoms with E-state index in [1.807, 2.05) is 0 Å². The zero-order valence-corrected chi connectivity index (χ0v) is 19.0. The summed E-state index contributed by atoms with van der Waals surface area (Å²) in [5.41, 5.74) is 0.871. The van der Waals surface area contributed by atoms with E-state index in [-0.39, 0.29) is 24.1 Å². The minimum Gasteiger partial charge on any atom is -0.495 e. The summed E-state index contributed by atoms with van der Waals surface area (Å²) in [5.74, 6) is 0.603. The van der Waals surface area contributed by atoms with E-state index in [0.717, 1.165) is 0 Å². The highest BCUT2D eigenvalue weighted by atomic mass is 35.5. The number of carbonyl (C=O) groups is 2. The Morgan fingerprint density at radius 3 is 2.68 bits per heavy atom. The number of halogens is 2. The molecule has 0 unspecified atom stereocenters. The Morgan fingerprint density at radius 2 is 1.94 bits per heavy atom. The van der Waals surface area contributed by atoms with Crippen LogP contribution in [0, 0.1) is 0 Å². The number of anilines is 1. The smallest absolute Gasteiger partial charge is 0.253 e. The molecule has 0 aliphatic carbocycles. The van der Waals surface area contributed by atoms with Crippen molar-refractivity contribution in [2.75, 3.05) is 18.2 Å². The predicted octanol–water partition coefficient (Wildman–Crippen LogP) is 3.79. The van der Waals surface area contributed by atoms with Crippen molar-refractivity contribution in [2.24, 2.45) is 7.05 Å². The molecule has 0 bridgehead atoms. The van der Waals surface area contributed by atoms with Crippen LogP contribution < -0.4 is 15.4 Å². The summed E-state index contributed by atoms with van der Waals surface area (Å²) in [7, 11) is 3.27. The number of methoxy groups -OCH3 is 1. The van der Waals surface area contributed by atoms with E-state index in [1.165, 1.54) is 18.9 Å². The van der Waals surface area contributed by atoms with Gasteiger partial charge in [0.1, 0.15) is 5.75 Å². The number of nitrogens with zero attached hydrogens (tertiary/aromatic N) is 3. The van der Waals surface area contributed by atoms with Gasteiger partial charge >= 0.3 is 0 Å². The molecular weight excluding hydrogens is 461 g/mol. The van der Waals surface area contributed by atoms with Gasteiger partial charge in [0.25, 0.3) is 5.91 Å². The maximum absolute atomic E-state index is 12.3. The van der Waals surface area contributed by atoms with Crippen molar-refractivity contribution in [3.05, 3.63) is 63.9 Å². The molecule has 0 radical (unpaired) electrons. The van der Waals surface area contributed by atoms with Gasteiger partial charge in [0, 0.05) is 12.1 Å². The van der Waals surface area contributed by atoms with E-state index in [9.17, 15) is 9.59 Å². The topological polar surface area (TPSA) is 98.1 Å². The fourth-order valence-electron chi connectivity index (χ4n) is 2.62. The van der Waals surface area contributed by atoms with Gasteiger partial charge in [-0.2, -0.15) is 0 Å². The summed E-state index contributed by atoms with van der Waals surface area (Å²) in [6.45, 7) is 0.167. The highest BCUT2D eigenvalue weighted by Crippen LogP contribution is 2.28. The molecule has 1 heterocycles. The third-order valence-electron chi connectivity index (χ3n) is 4.22. The highest BCUT2D eigenvalue weighted by Gasteiger charge is 2.15. The Hall–Kier alpha value is -2.75. The molecule has 0 fully saturated rings. The number of rotatable bonds is 8. The van der Waals surface area contributed by atoms with Crippen LogP contribution in [0.1, 0.15) is 16.2 Å². The first-order valence-corrected chi connectivity index (χ1v) is 10.8. The van der Waals surface area contributed by atoms with Crippen molar-refractivity contribution < 1.29 is 14.3 Å². The molecule has 0 spiro atoms. The average Bonchev–Trinajstić information content (AvgIpc) is 3.10. The van der Waals surface area contributed by atoms with Crippen LogP contribution in [0.15, 0.2) is 47.6 Å². The summed E-state index contributed by atoms with van der Waals surface area (Å²) in [6, 6.07) is 11.8. The predicted molar refractivity (Wildman–Crippen MR) is 121 cm³/mol. The van der Waals surface area contributed by atoms with Crippen LogP contribution >= 0.6 is 35.0 Å². The van der Waals surface area contributed by atoms with E-state index in [4.69, 9.17) is 27.9 Å². The molecule has 162 valence electrons. The van der Waals surface area contributed by atoms with Gasteiger partial charge in [0.15, 0.2) is 11.0 Å². The third-order valence-corrected chi connectivity index (χ3v) is 5.80. The second-order valence-corrected chi connectivity index (χ2v) is 8.09. The number of aromatic nitrogens is 3. The van der Waals surface area contributed by atoms with Gasteiger partial charge in [-0.3, -0.25) is 9.59 Å². The molecule has 3 rings (SSSR count). The minimum absolute atomic E-state index is 0.105. The lowest BCUT2D eigenvalue weighted by Gasteiger charge is -2.10. The maximum atomic E-state index is 12.3. The van der Waals surface area contributed by atoms with E-state index in [0.29, 0.717) is 38.0 Å². The summed E-state index contributed by atoms with van der Waals surface area (Å²) in [5, 5.41) is 15.1. The first kappa shape index (κ1) is 22.9. The molecule has 11 heteroatoms. The first-order chi connectivity index (χ1) is 14.9. The van der Waals surface area contributed by atoms with Crippen LogP contribution in [-0.4, -0.2) is 39.4 Å². The van der Waals surface area contributed by atoms with Crippen LogP contribution in [-0.2, 0) is 18.4 Å². The SMILES string of the molecule is COc1ccc(Cl)cc1NC(=O)CSc1nnc(CNC(=O)c2ccccc2Cl)n1C. The van der Waals surface area contributed by atoms with Gasteiger partial charge in [-0.05, 0) is 30.3 Å². The van der Waals surface area contributed by atoms with E-state index < -0.39 is 0 Å². The fraction of sp³-hybridized carbons (Fsp3) is 0.200. The Morgan fingerprint density at radius 1 is 1.16 bits per heavy atom. The average molecular weight is 480 g/mol. The molecule has 2 N–H and O–H groups in total. The third kappa shape index (κ3) is 5.90. The summed E-state index contributed by atoms with van der Waals surface area (Å²) in [6.07, 6.45) is 0. The van der Waals surface area contributed by atoms with Crippen LogP contribution in [0.25, 0.3) is 0 Å². The lowest BCUT2D eigenvalue weighted by molar-refractivity contribution is -0.113. The van der Waals surface area contributed by atoms with Gasteiger partial charge in [-0.25, -0.2) is 0 Å². The second-order valence-electron chi connectivity index (χ2n) is 6.30. The molecule has 1 aromatic heterocycles. The zero-order chi connectivity index (χ0) is 22.4. The molecule has 8 nitrogen and oxygen atoms in total. The lowest BCUT2D eigenvalue weighted by atomic mass is 10.2. The molecule has 2 aromatic carbocycles. The molecule has 3 aromatic rings. The van der Waals surface area contributed by atoms with Crippen molar-refractivity contribution in [3.63, 3.8) is 0 Å². The van der Waals surface area contributed by atoms with Gasteiger partial charge in [0.2, 0.25) is 5.91 Å². The monoisotopic (exact) mass is 479 g/mol. The van der Waals surface area contributed by atoms with Gasteiger partial charge < -0.3 is 19.9 Å². The van der Waals surface area contributed by atoms with Gasteiger partial charge in [-0.15, -0.1) is 10.2 Å². The number of amides is 2. The summed E-state index contributed by atoms with van der Waals surface area (Å²) in [4.78, 5) is 24.6. The van der Waals surface area contributed by atoms with Crippen molar-refractivity contribution in [1.82, 2.24) is 20.1 Å². The highest BCUT2D eigenvalue weighted by molar-refractivity contribution is 7.99. The van der Waals surface area contributed by atoms with Crippen LogP contribution in [0.2, 0.25) is 10.0 Å². The molecule has 2 amide bonds. The van der Waals surface area contributed by atoms with E-state index >= 15 is 0 Å². The molecule has 0 saturated carbocycles.